The summed E-state index contributed by atoms with van der Waals surface area (Å²) in [5.74, 6) is 2.50. The SMILES string of the molecule is CC(C)C1CCC(c2cccc(F)c2)CC1.Oc1ccccc1. The molecule has 0 spiro atoms. The van der Waals surface area contributed by atoms with Gasteiger partial charge in [0.05, 0.1) is 0 Å². The maximum atomic E-state index is 13.1. The lowest BCUT2D eigenvalue weighted by Gasteiger charge is -2.31. The predicted octanol–water partition coefficient (Wildman–Crippen LogP) is 6.15. The van der Waals surface area contributed by atoms with Crippen molar-refractivity contribution in [2.45, 2.75) is 45.4 Å². The Bertz CT molecular complexity index is 571. The van der Waals surface area contributed by atoms with Gasteiger partial charge in [0.2, 0.25) is 0 Å². The highest BCUT2D eigenvalue weighted by Crippen LogP contribution is 2.38. The molecule has 2 aromatic carbocycles. The maximum Gasteiger partial charge on any atom is 0.123 e. The minimum atomic E-state index is -0.0940. The van der Waals surface area contributed by atoms with Crippen LogP contribution in [0.3, 0.4) is 0 Å². The fourth-order valence-electron chi connectivity index (χ4n) is 3.31. The van der Waals surface area contributed by atoms with Crippen molar-refractivity contribution in [1.82, 2.24) is 0 Å². The van der Waals surface area contributed by atoms with Gasteiger partial charge in [0.15, 0.2) is 0 Å². The fraction of sp³-hybridized carbons (Fsp3) is 0.429. The van der Waals surface area contributed by atoms with Gasteiger partial charge in [-0.2, -0.15) is 0 Å². The molecular weight excluding hydrogens is 287 g/mol. The molecule has 0 bridgehead atoms. The summed E-state index contributed by atoms with van der Waals surface area (Å²) < 4.78 is 13.1. The molecular formula is C21H27FO. The van der Waals surface area contributed by atoms with Crippen LogP contribution in [-0.4, -0.2) is 5.11 Å². The van der Waals surface area contributed by atoms with Gasteiger partial charge in [-0.1, -0.05) is 44.2 Å². The van der Waals surface area contributed by atoms with E-state index < -0.39 is 0 Å². The van der Waals surface area contributed by atoms with E-state index in [-0.39, 0.29) is 5.82 Å². The van der Waals surface area contributed by atoms with Gasteiger partial charge in [-0.3, -0.25) is 0 Å². The molecule has 1 aliphatic rings. The zero-order valence-electron chi connectivity index (χ0n) is 14.1. The van der Waals surface area contributed by atoms with Crippen molar-refractivity contribution < 1.29 is 9.50 Å². The first kappa shape index (κ1) is 17.5. The summed E-state index contributed by atoms with van der Waals surface area (Å²) >= 11 is 0. The highest BCUT2D eigenvalue weighted by Gasteiger charge is 2.24. The van der Waals surface area contributed by atoms with Crippen molar-refractivity contribution in [3.8, 4) is 5.75 Å². The van der Waals surface area contributed by atoms with E-state index in [0.29, 0.717) is 11.7 Å². The van der Waals surface area contributed by atoms with Gasteiger partial charge in [-0.25, -0.2) is 4.39 Å². The van der Waals surface area contributed by atoms with Gasteiger partial charge < -0.3 is 5.11 Å². The van der Waals surface area contributed by atoms with Crippen LogP contribution in [0.1, 0.15) is 51.0 Å². The highest BCUT2D eigenvalue weighted by atomic mass is 19.1. The molecule has 124 valence electrons. The van der Waals surface area contributed by atoms with Crippen molar-refractivity contribution in [3.05, 3.63) is 66.0 Å². The topological polar surface area (TPSA) is 20.2 Å². The van der Waals surface area contributed by atoms with E-state index >= 15 is 0 Å². The zero-order valence-corrected chi connectivity index (χ0v) is 14.1. The van der Waals surface area contributed by atoms with E-state index in [2.05, 4.69) is 19.9 Å². The smallest absolute Gasteiger partial charge is 0.123 e. The van der Waals surface area contributed by atoms with Crippen LogP contribution < -0.4 is 0 Å². The van der Waals surface area contributed by atoms with Gasteiger partial charge in [0.25, 0.3) is 0 Å². The van der Waals surface area contributed by atoms with Crippen molar-refractivity contribution in [2.24, 2.45) is 11.8 Å². The van der Waals surface area contributed by atoms with Gasteiger partial charge in [-0.05, 0) is 73.3 Å². The number of hydrogen-bond acceptors (Lipinski definition) is 1. The van der Waals surface area contributed by atoms with Gasteiger partial charge in [0, 0.05) is 0 Å². The van der Waals surface area contributed by atoms with Gasteiger partial charge in [-0.15, -0.1) is 0 Å². The maximum absolute atomic E-state index is 13.1. The van der Waals surface area contributed by atoms with Gasteiger partial charge >= 0.3 is 0 Å². The van der Waals surface area contributed by atoms with Crippen LogP contribution in [0.2, 0.25) is 0 Å². The monoisotopic (exact) mass is 314 g/mol. The molecule has 2 heteroatoms. The van der Waals surface area contributed by atoms with E-state index in [0.717, 1.165) is 11.8 Å². The van der Waals surface area contributed by atoms with Gasteiger partial charge in [0.1, 0.15) is 11.6 Å². The van der Waals surface area contributed by atoms with Crippen LogP contribution in [0.25, 0.3) is 0 Å². The number of rotatable bonds is 2. The third-order valence-corrected chi connectivity index (χ3v) is 4.79. The normalized spacial score (nSPS) is 20.7. The lowest BCUT2D eigenvalue weighted by Crippen LogP contribution is -2.17. The van der Waals surface area contributed by atoms with Crippen LogP contribution in [-0.2, 0) is 0 Å². The number of para-hydroxylation sites is 1. The summed E-state index contributed by atoms with van der Waals surface area (Å²) in [4.78, 5) is 0. The second kappa shape index (κ2) is 8.71. The summed E-state index contributed by atoms with van der Waals surface area (Å²) in [5, 5.41) is 8.63. The summed E-state index contributed by atoms with van der Waals surface area (Å²) in [7, 11) is 0. The fourth-order valence-corrected chi connectivity index (χ4v) is 3.31. The molecule has 0 unspecified atom stereocenters. The molecule has 3 rings (SSSR count). The second-order valence-corrected chi connectivity index (χ2v) is 6.75. The van der Waals surface area contributed by atoms with Crippen molar-refractivity contribution in [1.29, 1.82) is 0 Å². The molecule has 2 aromatic rings. The number of halogens is 1. The molecule has 0 radical (unpaired) electrons. The summed E-state index contributed by atoms with van der Waals surface area (Å²) in [6.07, 6.45) is 5.07. The Morgan fingerprint density at radius 2 is 1.57 bits per heavy atom. The molecule has 23 heavy (non-hydrogen) atoms. The van der Waals surface area contributed by atoms with E-state index in [4.69, 9.17) is 5.11 Å². The Kier molecular flexibility index (Phi) is 6.64. The molecule has 0 saturated heterocycles. The summed E-state index contributed by atoms with van der Waals surface area (Å²) in [5.41, 5.74) is 1.20. The summed E-state index contributed by atoms with van der Waals surface area (Å²) in [6.45, 7) is 4.63. The van der Waals surface area contributed by atoms with Crippen molar-refractivity contribution >= 4 is 0 Å². The molecule has 1 fully saturated rings. The van der Waals surface area contributed by atoms with Crippen molar-refractivity contribution in [2.75, 3.05) is 0 Å². The predicted molar refractivity (Wildman–Crippen MR) is 94.0 cm³/mol. The molecule has 0 aromatic heterocycles. The Balaban J connectivity index is 0.000000229. The first-order chi connectivity index (χ1) is 11.1. The lowest BCUT2D eigenvalue weighted by atomic mass is 9.75. The molecule has 0 amide bonds. The minimum absolute atomic E-state index is 0.0940. The molecule has 1 saturated carbocycles. The average Bonchev–Trinajstić information content (AvgIpc) is 2.56. The molecule has 1 aliphatic carbocycles. The Labute approximate surface area is 139 Å². The third-order valence-electron chi connectivity index (χ3n) is 4.79. The lowest BCUT2D eigenvalue weighted by molar-refractivity contribution is 0.258. The van der Waals surface area contributed by atoms with Crippen LogP contribution >= 0.6 is 0 Å². The van der Waals surface area contributed by atoms with Crippen LogP contribution in [0.4, 0.5) is 4.39 Å². The average molecular weight is 314 g/mol. The number of phenolic OH excluding ortho intramolecular Hbond substituents is 1. The van der Waals surface area contributed by atoms with Crippen LogP contribution in [0.15, 0.2) is 54.6 Å². The molecule has 0 atom stereocenters. The first-order valence-corrected chi connectivity index (χ1v) is 8.55. The first-order valence-electron chi connectivity index (χ1n) is 8.55. The van der Waals surface area contributed by atoms with Crippen LogP contribution in [0, 0.1) is 17.7 Å². The summed E-state index contributed by atoms with van der Waals surface area (Å²) in [6, 6.07) is 15.9. The van der Waals surface area contributed by atoms with E-state index in [1.165, 1.54) is 37.3 Å². The minimum Gasteiger partial charge on any atom is -0.508 e. The van der Waals surface area contributed by atoms with E-state index in [1.807, 2.05) is 12.1 Å². The molecule has 1 N–H and O–H groups in total. The van der Waals surface area contributed by atoms with Crippen molar-refractivity contribution in [3.63, 3.8) is 0 Å². The number of aromatic hydroxyl groups is 1. The number of benzene rings is 2. The molecule has 1 nitrogen and oxygen atoms in total. The van der Waals surface area contributed by atoms with E-state index in [1.54, 1.807) is 30.3 Å². The Hall–Kier alpha value is -1.83. The second-order valence-electron chi connectivity index (χ2n) is 6.75. The van der Waals surface area contributed by atoms with E-state index in [9.17, 15) is 4.39 Å². The Morgan fingerprint density at radius 3 is 2.04 bits per heavy atom. The standard InChI is InChI=1S/C15H21F.C6H6O/c1-11(2)12-6-8-13(9-7-12)14-4-3-5-15(16)10-14;7-6-4-2-1-3-5-6/h3-5,10-13H,6-9H2,1-2H3;1-5,7H. The molecule has 0 heterocycles. The largest absolute Gasteiger partial charge is 0.508 e. The number of phenols is 1. The number of hydrogen-bond donors (Lipinski definition) is 1. The zero-order chi connectivity index (χ0) is 16.7. The van der Waals surface area contributed by atoms with Crippen LogP contribution in [0.5, 0.6) is 5.75 Å². The Morgan fingerprint density at radius 1 is 0.913 bits per heavy atom. The highest BCUT2D eigenvalue weighted by molar-refractivity contribution is 5.21. The third kappa shape index (κ3) is 5.70. The molecule has 0 aliphatic heterocycles. The quantitative estimate of drug-likeness (QED) is 0.705.